The van der Waals surface area contributed by atoms with Crippen LogP contribution in [0.3, 0.4) is 0 Å². The van der Waals surface area contributed by atoms with Crippen LogP contribution in [0.15, 0.2) is 24.4 Å². The van der Waals surface area contributed by atoms with E-state index in [-0.39, 0.29) is 5.82 Å². The number of hydrogen-bond donors (Lipinski definition) is 1. The summed E-state index contributed by atoms with van der Waals surface area (Å²) >= 11 is 6.07. The zero-order valence-electron chi connectivity index (χ0n) is 11.1. The van der Waals surface area contributed by atoms with Gasteiger partial charge in [0.1, 0.15) is 11.6 Å². The van der Waals surface area contributed by atoms with E-state index in [0.717, 1.165) is 30.2 Å². The molecule has 5 heteroatoms. The second-order valence-corrected chi connectivity index (χ2v) is 4.81. The lowest BCUT2D eigenvalue weighted by Gasteiger charge is -2.12. The highest BCUT2D eigenvalue weighted by molar-refractivity contribution is 6.31. The molecule has 2 rings (SSSR count). The first-order chi connectivity index (χ1) is 9.11. The second kappa shape index (κ2) is 6.17. The molecule has 0 amide bonds. The molecule has 0 radical (unpaired) electrons. The average molecular weight is 282 g/mol. The van der Waals surface area contributed by atoms with Gasteiger partial charge < -0.3 is 9.88 Å². The van der Waals surface area contributed by atoms with Gasteiger partial charge in [-0.05, 0) is 31.2 Å². The predicted molar refractivity (Wildman–Crippen MR) is 74.9 cm³/mol. The fraction of sp³-hybridized carbons (Fsp3) is 0.357. The van der Waals surface area contributed by atoms with Crippen LogP contribution in [0.5, 0.6) is 0 Å². The smallest absolute Gasteiger partial charge is 0.124 e. The Hall–Kier alpha value is -1.39. The van der Waals surface area contributed by atoms with Gasteiger partial charge in [0, 0.05) is 17.8 Å². The SMILES string of the molecule is CCNCc1cnc(C)n1Cc1ccc(F)cc1Cl. The van der Waals surface area contributed by atoms with Gasteiger partial charge in [-0.15, -0.1) is 0 Å². The van der Waals surface area contributed by atoms with Crippen molar-refractivity contribution in [2.24, 2.45) is 0 Å². The lowest BCUT2D eigenvalue weighted by molar-refractivity contribution is 0.623. The highest BCUT2D eigenvalue weighted by Gasteiger charge is 2.09. The molecule has 2 aromatic rings. The van der Waals surface area contributed by atoms with Crippen LogP contribution >= 0.6 is 11.6 Å². The summed E-state index contributed by atoms with van der Waals surface area (Å²) in [5, 5.41) is 3.72. The van der Waals surface area contributed by atoms with E-state index in [9.17, 15) is 4.39 Å². The third kappa shape index (κ3) is 3.33. The first kappa shape index (κ1) is 14.0. The third-order valence-electron chi connectivity index (χ3n) is 3.04. The van der Waals surface area contributed by atoms with E-state index >= 15 is 0 Å². The molecule has 1 aromatic carbocycles. The van der Waals surface area contributed by atoms with Gasteiger partial charge in [-0.1, -0.05) is 24.6 Å². The number of hydrogen-bond acceptors (Lipinski definition) is 2. The Labute approximate surface area is 117 Å². The molecule has 0 aliphatic rings. The maximum atomic E-state index is 13.0. The van der Waals surface area contributed by atoms with E-state index in [4.69, 9.17) is 11.6 Å². The molecule has 1 heterocycles. The van der Waals surface area contributed by atoms with E-state index in [1.165, 1.54) is 12.1 Å². The Morgan fingerprint density at radius 2 is 2.21 bits per heavy atom. The monoisotopic (exact) mass is 281 g/mol. The molecule has 0 aliphatic heterocycles. The van der Waals surface area contributed by atoms with Crippen LogP contribution in [0, 0.1) is 12.7 Å². The van der Waals surface area contributed by atoms with Gasteiger partial charge in [0.15, 0.2) is 0 Å². The summed E-state index contributed by atoms with van der Waals surface area (Å²) in [4.78, 5) is 4.32. The van der Waals surface area contributed by atoms with Gasteiger partial charge in [-0.2, -0.15) is 0 Å². The van der Waals surface area contributed by atoms with Crippen LogP contribution in [0.2, 0.25) is 5.02 Å². The molecule has 1 aromatic heterocycles. The summed E-state index contributed by atoms with van der Waals surface area (Å²) < 4.78 is 15.1. The first-order valence-corrected chi connectivity index (χ1v) is 6.65. The fourth-order valence-electron chi connectivity index (χ4n) is 1.95. The molecule has 0 atom stereocenters. The molecule has 0 fully saturated rings. The molecule has 0 saturated heterocycles. The minimum Gasteiger partial charge on any atom is -0.327 e. The summed E-state index contributed by atoms with van der Waals surface area (Å²) in [7, 11) is 0. The molecule has 102 valence electrons. The Morgan fingerprint density at radius 1 is 1.42 bits per heavy atom. The molecule has 0 aliphatic carbocycles. The summed E-state index contributed by atoms with van der Waals surface area (Å²) in [6.07, 6.45) is 1.86. The number of halogens is 2. The van der Waals surface area contributed by atoms with Gasteiger partial charge in [0.05, 0.1) is 12.2 Å². The zero-order valence-corrected chi connectivity index (χ0v) is 11.8. The molecule has 0 saturated carbocycles. The highest BCUT2D eigenvalue weighted by Crippen LogP contribution is 2.19. The van der Waals surface area contributed by atoms with Crippen molar-refractivity contribution in [2.75, 3.05) is 6.54 Å². The van der Waals surface area contributed by atoms with Gasteiger partial charge >= 0.3 is 0 Å². The van der Waals surface area contributed by atoms with E-state index in [1.54, 1.807) is 6.07 Å². The number of aromatic nitrogens is 2. The Morgan fingerprint density at radius 3 is 2.89 bits per heavy atom. The largest absolute Gasteiger partial charge is 0.327 e. The number of rotatable bonds is 5. The van der Waals surface area contributed by atoms with Crippen molar-refractivity contribution in [1.29, 1.82) is 0 Å². The number of nitrogens with zero attached hydrogens (tertiary/aromatic N) is 2. The normalized spacial score (nSPS) is 10.9. The summed E-state index contributed by atoms with van der Waals surface area (Å²) in [6.45, 7) is 6.28. The number of aryl methyl sites for hydroxylation is 1. The van der Waals surface area contributed by atoms with Crippen LogP contribution < -0.4 is 5.32 Å². The van der Waals surface area contributed by atoms with Crippen molar-refractivity contribution in [2.45, 2.75) is 26.9 Å². The lowest BCUT2D eigenvalue weighted by Crippen LogP contribution is -2.16. The number of imidazole rings is 1. The maximum Gasteiger partial charge on any atom is 0.124 e. The predicted octanol–water partition coefficient (Wildman–Crippen LogP) is 3.14. The average Bonchev–Trinajstić information content (AvgIpc) is 2.71. The van der Waals surface area contributed by atoms with Crippen molar-refractivity contribution in [1.82, 2.24) is 14.9 Å². The molecule has 3 nitrogen and oxygen atoms in total. The first-order valence-electron chi connectivity index (χ1n) is 6.27. The zero-order chi connectivity index (χ0) is 13.8. The topological polar surface area (TPSA) is 29.9 Å². The van der Waals surface area contributed by atoms with Crippen molar-refractivity contribution in [3.05, 3.63) is 52.3 Å². The van der Waals surface area contributed by atoms with Gasteiger partial charge in [-0.3, -0.25) is 0 Å². The van der Waals surface area contributed by atoms with Gasteiger partial charge in [0.2, 0.25) is 0 Å². The van der Waals surface area contributed by atoms with E-state index < -0.39 is 0 Å². The standard InChI is InChI=1S/C14H17ClFN3/c1-3-17-7-13-8-18-10(2)19(13)9-11-4-5-12(16)6-14(11)15/h4-6,8,17H,3,7,9H2,1-2H3. The van der Waals surface area contributed by atoms with Crippen LogP contribution in [0.1, 0.15) is 24.0 Å². The Kier molecular flexibility index (Phi) is 4.56. The maximum absolute atomic E-state index is 13.0. The van der Waals surface area contributed by atoms with Crippen LogP contribution in [0.25, 0.3) is 0 Å². The molecule has 19 heavy (non-hydrogen) atoms. The highest BCUT2D eigenvalue weighted by atomic mass is 35.5. The van der Waals surface area contributed by atoms with Gasteiger partial charge in [0.25, 0.3) is 0 Å². The third-order valence-corrected chi connectivity index (χ3v) is 3.39. The van der Waals surface area contributed by atoms with Crippen molar-refractivity contribution < 1.29 is 4.39 Å². The molecule has 0 bridgehead atoms. The van der Waals surface area contributed by atoms with Crippen LogP contribution in [-0.4, -0.2) is 16.1 Å². The number of benzene rings is 1. The summed E-state index contributed by atoms with van der Waals surface area (Å²) in [5.41, 5.74) is 1.99. The van der Waals surface area contributed by atoms with Crippen molar-refractivity contribution >= 4 is 11.6 Å². The quantitative estimate of drug-likeness (QED) is 0.912. The molecule has 1 N–H and O–H groups in total. The van der Waals surface area contributed by atoms with Crippen LogP contribution in [-0.2, 0) is 13.1 Å². The van der Waals surface area contributed by atoms with E-state index in [1.807, 2.05) is 13.1 Å². The molecule has 0 unspecified atom stereocenters. The van der Waals surface area contributed by atoms with Gasteiger partial charge in [-0.25, -0.2) is 9.37 Å². The van der Waals surface area contributed by atoms with Crippen molar-refractivity contribution in [3.8, 4) is 0 Å². The number of nitrogens with one attached hydrogen (secondary N) is 1. The van der Waals surface area contributed by atoms with E-state index in [2.05, 4.69) is 21.8 Å². The van der Waals surface area contributed by atoms with Crippen molar-refractivity contribution in [3.63, 3.8) is 0 Å². The van der Waals surface area contributed by atoms with E-state index in [0.29, 0.717) is 11.6 Å². The summed E-state index contributed by atoms with van der Waals surface area (Å²) in [5.74, 6) is 0.609. The fourth-order valence-corrected chi connectivity index (χ4v) is 2.17. The minimum absolute atomic E-state index is 0.316. The molecular formula is C14H17ClFN3. The Bertz CT molecular complexity index is 566. The second-order valence-electron chi connectivity index (χ2n) is 4.40. The molecular weight excluding hydrogens is 265 g/mol. The molecule has 0 spiro atoms. The Balaban J connectivity index is 2.24. The summed E-state index contributed by atoms with van der Waals surface area (Å²) in [6, 6.07) is 4.48. The van der Waals surface area contributed by atoms with Crippen LogP contribution in [0.4, 0.5) is 4.39 Å². The lowest BCUT2D eigenvalue weighted by atomic mass is 10.2. The minimum atomic E-state index is -0.316.